The highest BCUT2D eigenvalue weighted by molar-refractivity contribution is 5.85. The van der Waals surface area contributed by atoms with E-state index in [-0.39, 0.29) is 0 Å². The molecule has 0 heterocycles. The number of nitrogens with zero attached hydrogens (tertiary/aromatic N) is 2. The van der Waals surface area contributed by atoms with Gasteiger partial charge in [0.2, 0.25) is 0 Å². The standard InChI is InChI=1S/C17H15N3/c1-18-15-8-10-16(11-9-15)19-20-17-7-6-13-4-2-3-5-14(13)12-17/h2-12,18H,1H3/b20-19+. The zero-order chi connectivity index (χ0) is 13.8. The van der Waals surface area contributed by atoms with Crippen molar-refractivity contribution in [3.8, 4) is 0 Å². The van der Waals surface area contributed by atoms with E-state index in [1.54, 1.807) is 0 Å². The number of benzene rings is 3. The number of fused-ring (bicyclic) bond motifs is 1. The van der Waals surface area contributed by atoms with Gasteiger partial charge in [0.05, 0.1) is 11.4 Å². The van der Waals surface area contributed by atoms with Crippen molar-refractivity contribution in [3.63, 3.8) is 0 Å². The molecule has 3 heteroatoms. The van der Waals surface area contributed by atoms with Gasteiger partial charge in [-0.15, -0.1) is 0 Å². The largest absolute Gasteiger partial charge is 0.388 e. The van der Waals surface area contributed by atoms with E-state index < -0.39 is 0 Å². The fraction of sp³-hybridized carbons (Fsp3) is 0.0588. The Kier molecular flexibility index (Phi) is 3.42. The molecular weight excluding hydrogens is 246 g/mol. The Morgan fingerprint density at radius 2 is 1.35 bits per heavy atom. The molecule has 0 aromatic heterocycles. The number of anilines is 1. The maximum atomic E-state index is 4.29. The van der Waals surface area contributed by atoms with E-state index in [1.807, 2.05) is 55.6 Å². The van der Waals surface area contributed by atoms with Gasteiger partial charge >= 0.3 is 0 Å². The zero-order valence-corrected chi connectivity index (χ0v) is 11.2. The minimum Gasteiger partial charge on any atom is -0.388 e. The first-order chi connectivity index (χ1) is 9.85. The van der Waals surface area contributed by atoms with Crippen LogP contribution in [0.3, 0.4) is 0 Å². The van der Waals surface area contributed by atoms with E-state index >= 15 is 0 Å². The maximum absolute atomic E-state index is 4.29. The SMILES string of the molecule is CNc1ccc(/N=N/c2ccc3ccccc3c2)cc1. The van der Waals surface area contributed by atoms with Crippen molar-refractivity contribution >= 4 is 27.8 Å². The van der Waals surface area contributed by atoms with Crippen LogP contribution in [0.1, 0.15) is 0 Å². The summed E-state index contributed by atoms with van der Waals surface area (Å²) in [6.45, 7) is 0. The molecule has 0 aliphatic rings. The Morgan fingerprint density at radius 3 is 2.10 bits per heavy atom. The summed E-state index contributed by atoms with van der Waals surface area (Å²) in [5.41, 5.74) is 2.77. The van der Waals surface area contributed by atoms with Gasteiger partial charge in [-0.3, -0.25) is 0 Å². The molecule has 0 atom stereocenters. The van der Waals surface area contributed by atoms with Crippen LogP contribution >= 0.6 is 0 Å². The second-order valence-electron chi connectivity index (χ2n) is 4.53. The second-order valence-corrected chi connectivity index (χ2v) is 4.53. The lowest BCUT2D eigenvalue weighted by Gasteiger charge is -2.00. The molecule has 3 aromatic carbocycles. The van der Waals surface area contributed by atoms with Gasteiger partial charge in [0, 0.05) is 12.7 Å². The van der Waals surface area contributed by atoms with Crippen molar-refractivity contribution in [2.75, 3.05) is 12.4 Å². The zero-order valence-electron chi connectivity index (χ0n) is 11.2. The number of azo groups is 1. The van der Waals surface area contributed by atoms with Crippen LogP contribution < -0.4 is 5.32 Å². The summed E-state index contributed by atoms with van der Waals surface area (Å²) in [5, 5.41) is 14.0. The molecule has 20 heavy (non-hydrogen) atoms. The molecule has 3 aromatic rings. The summed E-state index contributed by atoms with van der Waals surface area (Å²) in [7, 11) is 1.89. The Labute approximate surface area is 118 Å². The van der Waals surface area contributed by atoms with E-state index in [1.165, 1.54) is 10.8 Å². The number of hydrogen-bond donors (Lipinski definition) is 1. The summed E-state index contributed by atoms with van der Waals surface area (Å²) < 4.78 is 0. The Hall–Kier alpha value is -2.68. The quantitative estimate of drug-likeness (QED) is 0.638. The van der Waals surface area contributed by atoms with Crippen LogP contribution in [-0.4, -0.2) is 7.05 Å². The predicted molar refractivity (Wildman–Crippen MR) is 84.1 cm³/mol. The van der Waals surface area contributed by atoms with Crippen molar-refractivity contribution in [2.45, 2.75) is 0 Å². The first-order valence-electron chi connectivity index (χ1n) is 6.53. The van der Waals surface area contributed by atoms with Gasteiger partial charge in [-0.25, -0.2) is 0 Å². The van der Waals surface area contributed by atoms with Crippen LogP contribution in [0.25, 0.3) is 10.8 Å². The Bertz CT molecular complexity index is 746. The van der Waals surface area contributed by atoms with Gasteiger partial charge < -0.3 is 5.32 Å². The molecule has 3 rings (SSSR count). The van der Waals surface area contributed by atoms with E-state index in [4.69, 9.17) is 0 Å². The summed E-state index contributed by atoms with van der Waals surface area (Å²) in [6, 6.07) is 22.2. The highest BCUT2D eigenvalue weighted by Gasteiger charge is 1.95. The highest BCUT2D eigenvalue weighted by Crippen LogP contribution is 2.23. The topological polar surface area (TPSA) is 36.8 Å². The average molecular weight is 261 g/mol. The van der Waals surface area contributed by atoms with Gasteiger partial charge in [0.25, 0.3) is 0 Å². The van der Waals surface area contributed by atoms with Gasteiger partial charge in [-0.05, 0) is 47.2 Å². The van der Waals surface area contributed by atoms with E-state index in [0.29, 0.717) is 0 Å². The Balaban J connectivity index is 1.85. The molecule has 0 aliphatic heterocycles. The normalized spacial score (nSPS) is 11.1. The van der Waals surface area contributed by atoms with Gasteiger partial charge in [-0.1, -0.05) is 30.3 Å². The number of hydrogen-bond acceptors (Lipinski definition) is 3. The van der Waals surface area contributed by atoms with Crippen molar-refractivity contribution < 1.29 is 0 Å². The molecule has 3 nitrogen and oxygen atoms in total. The molecule has 0 unspecified atom stereocenters. The van der Waals surface area contributed by atoms with Crippen LogP contribution in [0.4, 0.5) is 17.1 Å². The monoisotopic (exact) mass is 261 g/mol. The lowest BCUT2D eigenvalue weighted by molar-refractivity contribution is 1.23. The lowest BCUT2D eigenvalue weighted by Crippen LogP contribution is -1.84. The third-order valence-electron chi connectivity index (χ3n) is 3.17. The molecule has 0 amide bonds. The van der Waals surface area contributed by atoms with Crippen molar-refractivity contribution in [3.05, 3.63) is 66.7 Å². The van der Waals surface area contributed by atoms with Crippen LogP contribution in [0.5, 0.6) is 0 Å². The highest BCUT2D eigenvalue weighted by atomic mass is 15.1. The molecule has 98 valence electrons. The smallest absolute Gasteiger partial charge is 0.0863 e. The van der Waals surface area contributed by atoms with Crippen LogP contribution in [0, 0.1) is 0 Å². The van der Waals surface area contributed by atoms with Crippen molar-refractivity contribution in [1.29, 1.82) is 0 Å². The summed E-state index contributed by atoms with van der Waals surface area (Å²) in [5.74, 6) is 0. The molecule has 0 radical (unpaired) electrons. The minimum atomic E-state index is 0.845. The van der Waals surface area contributed by atoms with Crippen LogP contribution in [0.15, 0.2) is 77.0 Å². The van der Waals surface area contributed by atoms with E-state index in [2.05, 4.69) is 33.7 Å². The van der Waals surface area contributed by atoms with Crippen molar-refractivity contribution in [2.24, 2.45) is 10.2 Å². The Morgan fingerprint density at radius 1 is 0.700 bits per heavy atom. The first-order valence-corrected chi connectivity index (χ1v) is 6.53. The molecule has 1 N–H and O–H groups in total. The summed E-state index contributed by atoms with van der Waals surface area (Å²) in [4.78, 5) is 0. The minimum absolute atomic E-state index is 0.845. The predicted octanol–water partition coefficient (Wildman–Crippen LogP) is 5.30. The first kappa shape index (κ1) is 12.4. The molecule has 0 saturated carbocycles. The summed E-state index contributed by atoms with van der Waals surface area (Å²) >= 11 is 0. The fourth-order valence-corrected chi connectivity index (χ4v) is 2.05. The van der Waals surface area contributed by atoms with Gasteiger partial charge in [0.1, 0.15) is 0 Å². The average Bonchev–Trinajstić information content (AvgIpc) is 2.53. The summed E-state index contributed by atoms with van der Waals surface area (Å²) in [6.07, 6.45) is 0. The second kappa shape index (κ2) is 5.53. The third kappa shape index (κ3) is 2.67. The van der Waals surface area contributed by atoms with E-state index in [9.17, 15) is 0 Å². The lowest BCUT2D eigenvalue weighted by atomic mass is 10.1. The molecule has 0 spiro atoms. The van der Waals surface area contributed by atoms with Gasteiger partial charge in [-0.2, -0.15) is 10.2 Å². The van der Waals surface area contributed by atoms with Crippen LogP contribution in [0.2, 0.25) is 0 Å². The molecule has 0 saturated heterocycles. The van der Waals surface area contributed by atoms with Gasteiger partial charge in [0.15, 0.2) is 0 Å². The third-order valence-corrected chi connectivity index (χ3v) is 3.17. The molecule has 0 aliphatic carbocycles. The molecule has 0 fully saturated rings. The van der Waals surface area contributed by atoms with E-state index in [0.717, 1.165) is 17.1 Å². The fourth-order valence-electron chi connectivity index (χ4n) is 2.05. The van der Waals surface area contributed by atoms with Crippen molar-refractivity contribution in [1.82, 2.24) is 0 Å². The maximum Gasteiger partial charge on any atom is 0.0863 e. The van der Waals surface area contributed by atoms with Crippen LogP contribution in [-0.2, 0) is 0 Å². The molecule has 0 bridgehead atoms. The molecular formula is C17H15N3. The number of nitrogens with one attached hydrogen (secondary N) is 1. The number of rotatable bonds is 3.